The van der Waals surface area contributed by atoms with Crippen molar-refractivity contribution < 1.29 is 14.1 Å². The topological polar surface area (TPSA) is 110 Å². The molecule has 0 spiro atoms. The smallest absolute Gasteiger partial charge is 0.260 e. The van der Waals surface area contributed by atoms with E-state index in [9.17, 15) is 9.59 Å². The van der Waals surface area contributed by atoms with Crippen LogP contribution < -0.4 is 16.4 Å². The van der Waals surface area contributed by atoms with E-state index in [4.69, 9.17) is 10.3 Å². The average molecular weight is 353 g/mol. The zero-order valence-corrected chi connectivity index (χ0v) is 14.4. The van der Waals surface area contributed by atoms with E-state index in [2.05, 4.69) is 15.8 Å². The minimum Gasteiger partial charge on any atom is -0.361 e. The third-order valence-corrected chi connectivity index (χ3v) is 3.34. The second-order valence-electron chi connectivity index (χ2n) is 5.21. The molecule has 0 radical (unpaired) electrons. The van der Waals surface area contributed by atoms with Crippen LogP contribution in [0.3, 0.4) is 0 Å². The zero-order chi connectivity index (χ0) is 16.8. The van der Waals surface area contributed by atoms with E-state index in [0.29, 0.717) is 29.1 Å². The molecule has 0 fully saturated rings. The van der Waals surface area contributed by atoms with Gasteiger partial charge in [-0.15, -0.1) is 12.4 Å². The van der Waals surface area contributed by atoms with Gasteiger partial charge in [0, 0.05) is 11.4 Å². The van der Waals surface area contributed by atoms with Crippen LogP contribution in [-0.4, -0.2) is 23.0 Å². The number of aryl methyl sites for hydroxylation is 1. The van der Waals surface area contributed by atoms with Crippen molar-refractivity contribution in [2.24, 2.45) is 5.73 Å². The van der Waals surface area contributed by atoms with Gasteiger partial charge in [-0.3, -0.25) is 9.59 Å². The Hall–Kier alpha value is -2.38. The normalized spacial score (nSPS) is 11.3. The third kappa shape index (κ3) is 5.07. The maximum absolute atomic E-state index is 12.0. The molecule has 1 aromatic carbocycles. The van der Waals surface area contributed by atoms with Crippen molar-refractivity contribution in [3.63, 3.8) is 0 Å². The van der Waals surface area contributed by atoms with E-state index in [1.54, 1.807) is 31.2 Å². The Labute approximate surface area is 146 Å². The summed E-state index contributed by atoms with van der Waals surface area (Å²) in [6, 6.07) is 6.28. The molecule has 0 saturated carbocycles. The van der Waals surface area contributed by atoms with Gasteiger partial charge < -0.3 is 20.9 Å². The molecule has 0 aliphatic carbocycles. The van der Waals surface area contributed by atoms with Crippen molar-refractivity contribution >= 4 is 35.6 Å². The van der Waals surface area contributed by atoms with Crippen LogP contribution in [0, 0.1) is 6.92 Å². The van der Waals surface area contributed by atoms with E-state index in [1.165, 1.54) is 6.20 Å². The van der Waals surface area contributed by atoms with Gasteiger partial charge in [-0.2, -0.15) is 0 Å². The molecule has 1 atom stereocenters. The Kier molecular flexibility index (Phi) is 7.41. The first-order chi connectivity index (χ1) is 11.0. The Morgan fingerprint density at radius 2 is 1.79 bits per heavy atom. The van der Waals surface area contributed by atoms with Gasteiger partial charge in [0.25, 0.3) is 5.91 Å². The monoisotopic (exact) mass is 352 g/mol. The predicted molar refractivity (Wildman–Crippen MR) is 94.4 cm³/mol. The van der Waals surface area contributed by atoms with Crippen LogP contribution in [0.2, 0.25) is 0 Å². The molecule has 8 heteroatoms. The van der Waals surface area contributed by atoms with Crippen molar-refractivity contribution in [3.8, 4) is 0 Å². The Morgan fingerprint density at radius 3 is 2.29 bits per heavy atom. The maximum Gasteiger partial charge on any atom is 0.260 e. The number of benzene rings is 1. The van der Waals surface area contributed by atoms with Crippen molar-refractivity contribution in [3.05, 3.63) is 41.8 Å². The third-order valence-electron chi connectivity index (χ3n) is 3.34. The summed E-state index contributed by atoms with van der Waals surface area (Å²) in [6.07, 6.45) is 2.86. The summed E-state index contributed by atoms with van der Waals surface area (Å²) in [4.78, 5) is 23.9. The zero-order valence-electron chi connectivity index (χ0n) is 13.5. The molecule has 2 amide bonds. The van der Waals surface area contributed by atoms with Crippen LogP contribution in [0.4, 0.5) is 11.4 Å². The molecule has 1 heterocycles. The molecule has 1 unspecified atom stereocenters. The number of nitrogens with zero attached hydrogens (tertiary/aromatic N) is 1. The summed E-state index contributed by atoms with van der Waals surface area (Å²) in [5.74, 6) is -0.0643. The average Bonchev–Trinajstić information content (AvgIpc) is 2.95. The highest BCUT2D eigenvalue weighted by molar-refractivity contribution is 6.04. The number of carbonyl (C=O) groups is 2. The highest BCUT2D eigenvalue weighted by Gasteiger charge is 2.14. The molecule has 0 saturated heterocycles. The van der Waals surface area contributed by atoms with Gasteiger partial charge in [0.2, 0.25) is 5.91 Å². The number of amides is 2. The lowest BCUT2D eigenvalue weighted by atomic mass is 10.1. The number of carbonyl (C=O) groups excluding carboxylic acids is 2. The second kappa shape index (κ2) is 9.05. The predicted octanol–water partition coefficient (Wildman–Crippen LogP) is 2.72. The first kappa shape index (κ1) is 19.7. The van der Waals surface area contributed by atoms with Crippen molar-refractivity contribution in [2.75, 3.05) is 10.6 Å². The lowest BCUT2D eigenvalue weighted by molar-refractivity contribution is -0.117. The number of rotatable bonds is 6. The molecule has 7 nitrogen and oxygen atoms in total. The highest BCUT2D eigenvalue weighted by atomic mass is 35.5. The standard InChI is InChI=1S/C16H20N4O3.ClH/c1-3-4-14(17)16(22)20-12-7-5-11(6-8-12)19-15(21)13-9-18-23-10(13)2;/h5-9,14H,3-4,17H2,1-2H3,(H,19,21)(H,20,22);1H. The van der Waals surface area contributed by atoms with Gasteiger partial charge in [0.1, 0.15) is 11.3 Å². The lowest BCUT2D eigenvalue weighted by Gasteiger charge is -2.11. The Morgan fingerprint density at radius 1 is 1.21 bits per heavy atom. The molecule has 24 heavy (non-hydrogen) atoms. The van der Waals surface area contributed by atoms with E-state index in [0.717, 1.165) is 6.42 Å². The second-order valence-corrected chi connectivity index (χ2v) is 5.21. The highest BCUT2D eigenvalue weighted by Crippen LogP contribution is 2.16. The fourth-order valence-corrected chi connectivity index (χ4v) is 2.03. The van der Waals surface area contributed by atoms with Gasteiger partial charge in [0.05, 0.1) is 12.2 Å². The molecular weight excluding hydrogens is 332 g/mol. The minimum absolute atomic E-state index is 0. The van der Waals surface area contributed by atoms with E-state index in [1.807, 2.05) is 6.92 Å². The first-order valence-corrected chi connectivity index (χ1v) is 7.40. The lowest BCUT2D eigenvalue weighted by Crippen LogP contribution is -2.35. The van der Waals surface area contributed by atoms with Crippen LogP contribution >= 0.6 is 12.4 Å². The van der Waals surface area contributed by atoms with E-state index >= 15 is 0 Å². The molecular formula is C16H21ClN4O3. The molecule has 0 bridgehead atoms. The summed E-state index contributed by atoms with van der Waals surface area (Å²) in [5.41, 5.74) is 7.37. The number of halogens is 1. The Balaban J connectivity index is 0.00000288. The minimum atomic E-state index is -0.518. The van der Waals surface area contributed by atoms with Crippen LogP contribution in [-0.2, 0) is 4.79 Å². The number of nitrogens with one attached hydrogen (secondary N) is 2. The number of nitrogens with two attached hydrogens (primary N) is 1. The number of anilines is 2. The van der Waals surface area contributed by atoms with Gasteiger partial charge in [0.15, 0.2) is 0 Å². The molecule has 4 N–H and O–H groups in total. The SMILES string of the molecule is CCCC(N)C(=O)Nc1ccc(NC(=O)c2cnoc2C)cc1.Cl. The van der Waals surface area contributed by atoms with Gasteiger partial charge in [-0.25, -0.2) is 0 Å². The van der Waals surface area contributed by atoms with E-state index in [-0.39, 0.29) is 24.2 Å². The van der Waals surface area contributed by atoms with Crippen LogP contribution in [0.1, 0.15) is 35.9 Å². The van der Waals surface area contributed by atoms with Gasteiger partial charge >= 0.3 is 0 Å². The molecule has 130 valence electrons. The molecule has 2 aromatic rings. The summed E-state index contributed by atoms with van der Waals surface area (Å²) in [6.45, 7) is 3.64. The Bertz CT molecular complexity index is 685. The van der Waals surface area contributed by atoms with Crippen LogP contribution in [0.5, 0.6) is 0 Å². The van der Waals surface area contributed by atoms with Gasteiger partial charge in [-0.1, -0.05) is 18.5 Å². The largest absolute Gasteiger partial charge is 0.361 e. The summed E-state index contributed by atoms with van der Waals surface area (Å²) in [7, 11) is 0. The summed E-state index contributed by atoms with van der Waals surface area (Å²) >= 11 is 0. The maximum atomic E-state index is 12.0. The van der Waals surface area contributed by atoms with Crippen LogP contribution in [0.15, 0.2) is 35.0 Å². The molecule has 1 aromatic heterocycles. The molecule has 0 aliphatic heterocycles. The first-order valence-electron chi connectivity index (χ1n) is 7.40. The fraction of sp³-hybridized carbons (Fsp3) is 0.312. The number of aromatic nitrogens is 1. The fourth-order valence-electron chi connectivity index (χ4n) is 2.03. The van der Waals surface area contributed by atoms with Crippen LogP contribution in [0.25, 0.3) is 0 Å². The number of hydrogen-bond donors (Lipinski definition) is 3. The van der Waals surface area contributed by atoms with E-state index < -0.39 is 6.04 Å². The van der Waals surface area contributed by atoms with Crippen molar-refractivity contribution in [1.29, 1.82) is 0 Å². The molecule has 0 aliphatic rings. The van der Waals surface area contributed by atoms with Crippen molar-refractivity contribution in [1.82, 2.24) is 5.16 Å². The quantitative estimate of drug-likeness (QED) is 0.740. The molecule has 2 rings (SSSR count). The number of hydrogen-bond acceptors (Lipinski definition) is 5. The van der Waals surface area contributed by atoms with Crippen molar-refractivity contribution in [2.45, 2.75) is 32.7 Å². The summed E-state index contributed by atoms with van der Waals surface area (Å²) in [5, 5.41) is 9.04. The summed E-state index contributed by atoms with van der Waals surface area (Å²) < 4.78 is 4.86. The van der Waals surface area contributed by atoms with Gasteiger partial charge in [-0.05, 0) is 37.6 Å².